The van der Waals surface area contributed by atoms with Gasteiger partial charge in [0.15, 0.2) is 18.1 Å². The fraction of sp³-hybridized carbons (Fsp3) is 0.0800. The third-order valence-corrected chi connectivity index (χ3v) is 5.52. The van der Waals surface area contributed by atoms with Crippen LogP contribution in [0.5, 0.6) is 11.5 Å². The highest BCUT2D eigenvalue weighted by atomic mass is 79.9. The predicted octanol–water partition coefficient (Wildman–Crippen LogP) is 4.71. The van der Waals surface area contributed by atoms with Crippen molar-refractivity contribution in [3.8, 4) is 11.5 Å². The van der Waals surface area contributed by atoms with Gasteiger partial charge in [-0.1, -0.05) is 18.2 Å². The van der Waals surface area contributed by atoms with Crippen LogP contribution >= 0.6 is 15.9 Å². The Balaban J connectivity index is 1.49. The number of urea groups is 1. The number of para-hydroxylation sites is 1. The molecule has 4 amide bonds. The smallest absolute Gasteiger partial charge is 0.333 e. The molecular weight excluding hydrogens is 521 g/mol. The molecule has 0 saturated carbocycles. The van der Waals surface area contributed by atoms with Crippen molar-refractivity contribution in [1.82, 2.24) is 5.32 Å². The fourth-order valence-corrected chi connectivity index (χ4v) is 3.92. The van der Waals surface area contributed by atoms with Crippen LogP contribution in [0.1, 0.15) is 5.56 Å². The molecule has 8 nitrogen and oxygen atoms in total. The second kappa shape index (κ2) is 10.4. The predicted molar refractivity (Wildman–Crippen MR) is 132 cm³/mol. The average molecular weight is 540 g/mol. The summed E-state index contributed by atoms with van der Waals surface area (Å²) >= 11 is 3.40. The highest BCUT2D eigenvalue weighted by Crippen LogP contribution is 2.37. The number of benzene rings is 3. The second-order valence-corrected chi connectivity index (χ2v) is 8.20. The van der Waals surface area contributed by atoms with Gasteiger partial charge < -0.3 is 20.1 Å². The Morgan fingerprint density at radius 3 is 2.51 bits per heavy atom. The van der Waals surface area contributed by atoms with Gasteiger partial charge in [-0.05, 0) is 76.1 Å². The molecule has 0 atom stereocenters. The van der Waals surface area contributed by atoms with Crippen LogP contribution in [0.15, 0.2) is 76.9 Å². The van der Waals surface area contributed by atoms with E-state index in [9.17, 15) is 18.8 Å². The van der Waals surface area contributed by atoms with Crippen molar-refractivity contribution >= 4 is 51.2 Å². The monoisotopic (exact) mass is 539 g/mol. The van der Waals surface area contributed by atoms with Gasteiger partial charge in [0.2, 0.25) is 0 Å². The first-order valence-electron chi connectivity index (χ1n) is 10.3. The van der Waals surface area contributed by atoms with E-state index in [0.717, 1.165) is 4.90 Å². The number of carbonyl (C=O) groups is 3. The van der Waals surface area contributed by atoms with Crippen molar-refractivity contribution in [2.75, 3.05) is 23.9 Å². The summed E-state index contributed by atoms with van der Waals surface area (Å²) in [6, 6.07) is 16.7. The van der Waals surface area contributed by atoms with E-state index in [2.05, 4.69) is 26.6 Å². The molecule has 1 aliphatic heterocycles. The van der Waals surface area contributed by atoms with Gasteiger partial charge in [-0.3, -0.25) is 9.59 Å². The molecule has 0 radical (unpaired) electrons. The lowest BCUT2D eigenvalue weighted by Crippen LogP contribution is -2.30. The number of halogens is 2. The molecule has 0 aliphatic carbocycles. The number of ether oxygens (including phenoxy) is 2. The van der Waals surface area contributed by atoms with Crippen LogP contribution in [-0.4, -0.2) is 31.6 Å². The van der Waals surface area contributed by atoms with Crippen molar-refractivity contribution in [1.29, 1.82) is 0 Å². The van der Waals surface area contributed by atoms with Gasteiger partial charge in [-0.15, -0.1) is 0 Å². The van der Waals surface area contributed by atoms with Crippen molar-refractivity contribution in [3.63, 3.8) is 0 Å². The first-order valence-corrected chi connectivity index (χ1v) is 11.1. The molecule has 10 heteroatoms. The molecule has 1 aliphatic rings. The number of imide groups is 1. The number of nitrogens with zero attached hydrogens (tertiary/aromatic N) is 1. The summed E-state index contributed by atoms with van der Waals surface area (Å²) in [4.78, 5) is 38.5. The standard InChI is InChI=1S/C25H19BrFN3O5/c1-34-21-13-15(12-20-24(32)30(25(33)29-20)18-5-3-2-4-6-18)11-19(26)23(21)35-14-22(31)28-17-9-7-16(27)8-10-17/h2-13H,14H2,1H3,(H,28,31)(H,29,33)/b20-12+. The van der Waals surface area contributed by atoms with Gasteiger partial charge in [0.05, 0.1) is 17.3 Å². The number of carbonyl (C=O) groups excluding carboxylic acids is 3. The number of amides is 4. The average Bonchev–Trinajstić information content (AvgIpc) is 3.12. The van der Waals surface area contributed by atoms with Crippen molar-refractivity contribution in [2.45, 2.75) is 0 Å². The van der Waals surface area contributed by atoms with E-state index in [1.54, 1.807) is 42.5 Å². The zero-order valence-electron chi connectivity index (χ0n) is 18.4. The van der Waals surface area contributed by atoms with E-state index in [1.807, 2.05) is 0 Å². The number of methoxy groups -OCH3 is 1. The third-order valence-electron chi connectivity index (χ3n) is 4.93. The van der Waals surface area contributed by atoms with Crippen LogP contribution < -0.4 is 25.0 Å². The maximum Gasteiger partial charge on any atom is 0.333 e. The molecule has 178 valence electrons. The molecule has 3 aromatic rings. The van der Waals surface area contributed by atoms with Crippen molar-refractivity contribution in [3.05, 3.63) is 88.3 Å². The van der Waals surface area contributed by atoms with Crippen LogP contribution in [0, 0.1) is 5.82 Å². The summed E-state index contributed by atoms with van der Waals surface area (Å²) in [5, 5.41) is 5.18. The Hall–Kier alpha value is -4.18. The van der Waals surface area contributed by atoms with E-state index in [0.29, 0.717) is 27.2 Å². The maximum absolute atomic E-state index is 13.0. The van der Waals surface area contributed by atoms with Crippen molar-refractivity contribution < 1.29 is 28.2 Å². The van der Waals surface area contributed by atoms with Crippen LogP contribution in [0.2, 0.25) is 0 Å². The third kappa shape index (κ3) is 5.49. The molecule has 0 spiro atoms. The summed E-state index contributed by atoms with van der Waals surface area (Å²) in [6.45, 7) is -0.326. The van der Waals surface area contributed by atoms with Gasteiger partial charge in [0, 0.05) is 5.69 Å². The molecule has 0 unspecified atom stereocenters. The minimum Gasteiger partial charge on any atom is -0.493 e. The number of hydrogen-bond acceptors (Lipinski definition) is 5. The summed E-state index contributed by atoms with van der Waals surface area (Å²) in [5.41, 5.74) is 1.54. The number of nitrogens with one attached hydrogen (secondary N) is 2. The van der Waals surface area contributed by atoms with Crippen molar-refractivity contribution in [2.24, 2.45) is 0 Å². The Bertz CT molecular complexity index is 1310. The normalized spacial score (nSPS) is 14.1. The second-order valence-electron chi connectivity index (χ2n) is 7.34. The summed E-state index contributed by atoms with van der Waals surface area (Å²) in [7, 11) is 1.43. The molecule has 0 bridgehead atoms. The number of rotatable bonds is 7. The molecule has 4 rings (SSSR count). The lowest BCUT2D eigenvalue weighted by Gasteiger charge is -2.14. The zero-order valence-corrected chi connectivity index (χ0v) is 20.0. The molecule has 3 aromatic carbocycles. The minimum absolute atomic E-state index is 0.0974. The Morgan fingerprint density at radius 1 is 1.11 bits per heavy atom. The first kappa shape index (κ1) is 24.0. The molecule has 35 heavy (non-hydrogen) atoms. The number of anilines is 2. The fourth-order valence-electron chi connectivity index (χ4n) is 3.34. The number of hydrogen-bond donors (Lipinski definition) is 2. The molecule has 1 saturated heterocycles. The van der Waals surface area contributed by atoms with E-state index in [4.69, 9.17) is 9.47 Å². The lowest BCUT2D eigenvalue weighted by atomic mass is 10.1. The van der Waals surface area contributed by atoms with E-state index in [-0.39, 0.29) is 18.1 Å². The SMILES string of the molecule is COc1cc(/C=C2/NC(=O)N(c3ccccc3)C2=O)cc(Br)c1OCC(=O)Nc1ccc(F)cc1. The highest BCUT2D eigenvalue weighted by Gasteiger charge is 2.34. The molecule has 2 N–H and O–H groups in total. The van der Waals surface area contributed by atoms with Crippen LogP contribution in [0.4, 0.5) is 20.6 Å². The Kier molecular flexibility index (Phi) is 7.11. The minimum atomic E-state index is -0.550. The highest BCUT2D eigenvalue weighted by molar-refractivity contribution is 9.10. The van der Waals surface area contributed by atoms with Crippen LogP contribution in [-0.2, 0) is 9.59 Å². The van der Waals surface area contributed by atoms with Crippen LogP contribution in [0.25, 0.3) is 6.08 Å². The molecular formula is C25H19BrFN3O5. The largest absolute Gasteiger partial charge is 0.493 e. The van der Waals surface area contributed by atoms with E-state index in [1.165, 1.54) is 37.5 Å². The van der Waals surface area contributed by atoms with E-state index >= 15 is 0 Å². The Labute approximate surface area is 208 Å². The molecule has 1 heterocycles. The van der Waals surface area contributed by atoms with E-state index < -0.39 is 23.7 Å². The van der Waals surface area contributed by atoms with Gasteiger partial charge in [-0.2, -0.15) is 0 Å². The van der Waals surface area contributed by atoms with Gasteiger partial charge in [0.25, 0.3) is 11.8 Å². The first-order chi connectivity index (χ1) is 16.9. The van der Waals surface area contributed by atoms with Gasteiger partial charge >= 0.3 is 6.03 Å². The van der Waals surface area contributed by atoms with Gasteiger partial charge in [0.1, 0.15) is 11.5 Å². The maximum atomic E-state index is 13.0. The summed E-state index contributed by atoms with van der Waals surface area (Å²) < 4.78 is 24.5. The summed E-state index contributed by atoms with van der Waals surface area (Å²) in [6.07, 6.45) is 1.52. The van der Waals surface area contributed by atoms with Gasteiger partial charge in [-0.25, -0.2) is 14.1 Å². The molecule has 0 aromatic heterocycles. The quantitative estimate of drug-likeness (QED) is 0.334. The topological polar surface area (TPSA) is 97.0 Å². The Morgan fingerprint density at radius 2 is 1.83 bits per heavy atom. The summed E-state index contributed by atoms with van der Waals surface area (Å²) in [5.74, 6) is -0.769. The zero-order chi connectivity index (χ0) is 24.9. The van der Waals surface area contributed by atoms with Crippen LogP contribution in [0.3, 0.4) is 0 Å². The molecule has 1 fully saturated rings. The lowest BCUT2D eigenvalue weighted by molar-refractivity contribution is -0.118.